The fourth-order valence-corrected chi connectivity index (χ4v) is 5.30. The fraction of sp³-hybridized carbons (Fsp3) is 0.190. The van der Waals surface area contributed by atoms with Crippen molar-refractivity contribution in [3.05, 3.63) is 83.7 Å². The molecule has 2 aromatic carbocycles. The average molecular weight is 425 g/mol. The van der Waals surface area contributed by atoms with E-state index in [1.54, 1.807) is 36.7 Å². The zero-order valence-electron chi connectivity index (χ0n) is 15.9. The summed E-state index contributed by atoms with van der Waals surface area (Å²) in [5, 5.41) is 0. The highest BCUT2D eigenvalue weighted by Gasteiger charge is 2.28. The number of benzene rings is 2. The lowest BCUT2D eigenvalue weighted by Crippen LogP contribution is -2.30. The summed E-state index contributed by atoms with van der Waals surface area (Å²) in [5.74, 6) is 0. The molecule has 2 aromatic heterocycles. The topological polar surface area (TPSA) is 76.1 Å². The largest absolute Gasteiger partial charge is 0.264 e. The van der Waals surface area contributed by atoms with Gasteiger partial charge in [0.15, 0.2) is 0 Å². The van der Waals surface area contributed by atoms with Crippen LogP contribution in [0.3, 0.4) is 0 Å². The number of nitrogens with zero attached hydrogens (tertiary/aromatic N) is 4. The van der Waals surface area contributed by atoms with Gasteiger partial charge in [-0.3, -0.25) is 4.98 Å². The van der Waals surface area contributed by atoms with E-state index >= 15 is 0 Å². The predicted octanol–water partition coefficient (Wildman–Crippen LogP) is 4.04. The van der Waals surface area contributed by atoms with Gasteiger partial charge in [0.05, 0.1) is 11.7 Å². The highest BCUT2D eigenvalue weighted by molar-refractivity contribution is 7.89. The molecule has 0 aliphatic heterocycles. The van der Waals surface area contributed by atoms with Crippen LogP contribution < -0.4 is 0 Å². The summed E-state index contributed by atoms with van der Waals surface area (Å²) in [6.07, 6.45) is 4.30. The van der Waals surface area contributed by atoms with Crippen molar-refractivity contribution in [3.63, 3.8) is 0 Å². The number of pyridine rings is 1. The van der Waals surface area contributed by atoms with Crippen LogP contribution >= 0.6 is 11.7 Å². The molecule has 0 spiro atoms. The highest BCUT2D eigenvalue weighted by Crippen LogP contribution is 2.27. The van der Waals surface area contributed by atoms with Crippen LogP contribution in [0.2, 0.25) is 0 Å². The molecule has 0 aliphatic rings. The Morgan fingerprint density at radius 3 is 2.38 bits per heavy atom. The van der Waals surface area contributed by atoms with Gasteiger partial charge in [0.25, 0.3) is 0 Å². The molecule has 6 nitrogen and oxygen atoms in total. The minimum absolute atomic E-state index is 0.179. The normalized spacial score (nSPS) is 11.9. The van der Waals surface area contributed by atoms with Crippen molar-refractivity contribution < 1.29 is 8.42 Å². The van der Waals surface area contributed by atoms with E-state index in [1.807, 2.05) is 30.3 Å². The van der Waals surface area contributed by atoms with Crippen molar-refractivity contribution in [1.29, 1.82) is 0 Å². The van der Waals surface area contributed by atoms with Crippen molar-refractivity contribution in [2.24, 2.45) is 0 Å². The summed E-state index contributed by atoms with van der Waals surface area (Å²) in [6, 6.07) is 16.8. The second kappa shape index (κ2) is 8.36. The van der Waals surface area contributed by atoms with Crippen LogP contribution in [0.25, 0.3) is 11.0 Å². The van der Waals surface area contributed by atoms with E-state index in [0.29, 0.717) is 11.0 Å². The lowest BCUT2D eigenvalue weighted by atomic mass is 10.1. The van der Waals surface area contributed by atoms with Crippen LogP contribution in [0, 0.1) is 0 Å². The van der Waals surface area contributed by atoms with E-state index in [2.05, 4.69) is 20.7 Å². The molecule has 2 heterocycles. The molecule has 0 radical (unpaired) electrons. The number of aromatic nitrogens is 3. The van der Waals surface area contributed by atoms with Gasteiger partial charge in [0.1, 0.15) is 15.9 Å². The predicted molar refractivity (Wildman–Crippen MR) is 114 cm³/mol. The maximum Gasteiger partial charge on any atom is 0.245 e. The number of hydrogen-bond donors (Lipinski definition) is 0. The van der Waals surface area contributed by atoms with Gasteiger partial charge in [-0.15, -0.1) is 0 Å². The Morgan fingerprint density at radius 2 is 1.66 bits per heavy atom. The molecule has 0 saturated heterocycles. The first-order valence-electron chi connectivity index (χ1n) is 9.26. The van der Waals surface area contributed by atoms with Gasteiger partial charge in [-0.1, -0.05) is 43.3 Å². The molecule has 0 atom stereocenters. The van der Waals surface area contributed by atoms with Gasteiger partial charge in [-0.05, 0) is 41.3 Å². The quantitative estimate of drug-likeness (QED) is 0.447. The molecule has 0 bridgehead atoms. The van der Waals surface area contributed by atoms with Crippen LogP contribution in [-0.2, 0) is 29.5 Å². The third-order valence-corrected chi connectivity index (χ3v) is 7.10. The number of sulfonamides is 1. The Morgan fingerprint density at radius 1 is 0.897 bits per heavy atom. The van der Waals surface area contributed by atoms with Crippen molar-refractivity contribution in [2.45, 2.75) is 31.3 Å². The van der Waals surface area contributed by atoms with Crippen LogP contribution in [-0.4, -0.2) is 26.5 Å². The molecule has 0 fully saturated rings. The maximum absolute atomic E-state index is 13.6. The van der Waals surface area contributed by atoms with E-state index in [4.69, 9.17) is 0 Å². The Kier molecular flexibility index (Phi) is 5.66. The first-order valence-corrected chi connectivity index (χ1v) is 11.4. The van der Waals surface area contributed by atoms with Crippen molar-refractivity contribution in [2.75, 3.05) is 0 Å². The van der Waals surface area contributed by atoms with Gasteiger partial charge in [0, 0.05) is 25.5 Å². The standard InChI is InChI=1S/C21H20N4O2S2/c1-2-16-8-10-17(11-9-16)14-25(15-18-5-4-12-22-13-18)29(26,27)20-7-3-6-19-21(20)24-28-23-19/h3-13H,2,14-15H2,1H3. The fourth-order valence-electron chi connectivity index (χ4n) is 3.13. The molecule has 0 aliphatic carbocycles. The zero-order chi connectivity index (χ0) is 20.3. The molecule has 4 rings (SSSR count). The second-order valence-corrected chi connectivity index (χ2v) is 9.13. The van der Waals surface area contributed by atoms with Gasteiger partial charge in [-0.2, -0.15) is 13.1 Å². The summed E-state index contributed by atoms with van der Waals surface area (Å²) in [7, 11) is -3.80. The van der Waals surface area contributed by atoms with Crippen molar-refractivity contribution >= 4 is 32.8 Å². The van der Waals surface area contributed by atoms with Crippen LogP contribution in [0.1, 0.15) is 23.6 Å². The number of aryl methyl sites for hydroxylation is 1. The Balaban J connectivity index is 1.74. The van der Waals surface area contributed by atoms with E-state index in [9.17, 15) is 8.42 Å². The lowest BCUT2D eigenvalue weighted by Gasteiger charge is -2.22. The SMILES string of the molecule is CCc1ccc(CN(Cc2cccnc2)S(=O)(=O)c2cccc3nsnc23)cc1. The second-order valence-electron chi connectivity index (χ2n) is 6.69. The van der Waals surface area contributed by atoms with Crippen molar-refractivity contribution in [3.8, 4) is 0 Å². The van der Waals surface area contributed by atoms with E-state index < -0.39 is 10.0 Å². The Labute approximate surface area is 174 Å². The van der Waals surface area contributed by atoms with Crippen LogP contribution in [0.4, 0.5) is 0 Å². The first kappa shape index (κ1) is 19.6. The third-order valence-electron chi connectivity index (χ3n) is 4.74. The molecule has 0 unspecified atom stereocenters. The van der Waals surface area contributed by atoms with Gasteiger partial charge in [0.2, 0.25) is 10.0 Å². The molecular formula is C21H20N4O2S2. The minimum atomic E-state index is -3.80. The third kappa shape index (κ3) is 4.19. The maximum atomic E-state index is 13.6. The molecule has 0 saturated carbocycles. The summed E-state index contributed by atoms with van der Waals surface area (Å²) in [5.41, 5.74) is 3.97. The summed E-state index contributed by atoms with van der Waals surface area (Å²) < 4.78 is 37.1. The zero-order valence-corrected chi connectivity index (χ0v) is 17.5. The molecule has 29 heavy (non-hydrogen) atoms. The summed E-state index contributed by atoms with van der Waals surface area (Å²) in [6.45, 7) is 2.57. The van der Waals surface area contributed by atoms with Crippen LogP contribution in [0.15, 0.2) is 71.9 Å². The minimum Gasteiger partial charge on any atom is -0.264 e. The number of fused-ring (bicyclic) bond motifs is 1. The molecule has 4 aromatic rings. The molecule has 0 amide bonds. The smallest absolute Gasteiger partial charge is 0.245 e. The highest BCUT2D eigenvalue weighted by atomic mass is 32.2. The monoisotopic (exact) mass is 424 g/mol. The van der Waals surface area contributed by atoms with Gasteiger partial charge < -0.3 is 0 Å². The van der Waals surface area contributed by atoms with Crippen molar-refractivity contribution in [1.82, 2.24) is 18.0 Å². The number of rotatable bonds is 7. The van der Waals surface area contributed by atoms with E-state index in [-0.39, 0.29) is 18.0 Å². The van der Waals surface area contributed by atoms with Crippen LogP contribution in [0.5, 0.6) is 0 Å². The molecule has 8 heteroatoms. The first-order chi connectivity index (χ1) is 14.1. The van der Waals surface area contributed by atoms with E-state index in [1.165, 1.54) is 9.87 Å². The molecule has 0 N–H and O–H groups in total. The number of hydrogen-bond acceptors (Lipinski definition) is 6. The molecule has 148 valence electrons. The van der Waals surface area contributed by atoms with Gasteiger partial charge in [-0.25, -0.2) is 8.42 Å². The van der Waals surface area contributed by atoms with Gasteiger partial charge >= 0.3 is 0 Å². The van der Waals surface area contributed by atoms with E-state index in [0.717, 1.165) is 29.3 Å². The summed E-state index contributed by atoms with van der Waals surface area (Å²) in [4.78, 5) is 4.30. The Hall–Kier alpha value is -2.68. The molecular weight excluding hydrogens is 404 g/mol. The Bertz CT molecular complexity index is 1210. The summed E-state index contributed by atoms with van der Waals surface area (Å²) >= 11 is 1.01. The average Bonchev–Trinajstić information content (AvgIpc) is 3.23. The lowest BCUT2D eigenvalue weighted by molar-refractivity contribution is 0.401.